The Morgan fingerprint density at radius 2 is 1.81 bits per heavy atom. The van der Waals surface area contributed by atoms with Gasteiger partial charge in [-0.1, -0.05) is 18.2 Å². The number of piperidine rings is 1. The van der Waals surface area contributed by atoms with Gasteiger partial charge in [0.1, 0.15) is 0 Å². The number of anilines is 1. The first-order chi connectivity index (χ1) is 14.9. The first-order valence-electron chi connectivity index (χ1n) is 10.4. The Labute approximate surface area is 186 Å². The molecule has 0 aromatic heterocycles. The average Bonchev–Trinajstić information content (AvgIpc) is 3.04. The average molecular weight is 436 g/mol. The van der Waals surface area contributed by atoms with Gasteiger partial charge in [-0.3, -0.25) is 9.69 Å². The van der Waals surface area contributed by atoms with Gasteiger partial charge in [0, 0.05) is 25.8 Å². The highest BCUT2D eigenvalue weighted by Crippen LogP contribution is 2.34. The van der Waals surface area contributed by atoms with Crippen molar-refractivity contribution in [3.05, 3.63) is 64.1 Å². The van der Waals surface area contributed by atoms with E-state index in [1.165, 1.54) is 47.7 Å². The van der Waals surface area contributed by atoms with Gasteiger partial charge in [-0.25, -0.2) is 9.79 Å². The Bertz CT molecular complexity index is 1070. The van der Waals surface area contributed by atoms with E-state index in [2.05, 4.69) is 22.0 Å². The molecule has 31 heavy (non-hydrogen) atoms. The number of likely N-dealkylation sites (N-methyl/N-ethyl adjacent to an activating group) is 1. The van der Waals surface area contributed by atoms with Crippen molar-refractivity contribution in [3.8, 4) is 0 Å². The van der Waals surface area contributed by atoms with Gasteiger partial charge < -0.3 is 10.0 Å². The van der Waals surface area contributed by atoms with Crippen LogP contribution in [-0.4, -0.2) is 47.2 Å². The second-order valence-electron chi connectivity index (χ2n) is 7.81. The van der Waals surface area contributed by atoms with Crippen molar-refractivity contribution in [2.45, 2.75) is 26.2 Å². The molecule has 2 saturated heterocycles. The van der Waals surface area contributed by atoms with Crippen LogP contribution >= 0.6 is 11.8 Å². The van der Waals surface area contributed by atoms with Gasteiger partial charge in [0.25, 0.3) is 5.91 Å². The maximum atomic E-state index is 12.7. The van der Waals surface area contributed by atoms with E-state index < -0.39 is 5.97 Å². The molecule has 2 aliphatic rings. The minimum Gasteiger partial charge on any atom is -0.478 e. The first kappa shape index (κ1) is 21.2. The van der Waals surface area contributed by atoms with Crippen molar-refractivity contribution in [1.29, 1.82) is 0 Å². The van der Waals surface area contributed by atoms with E-state index in [1.54, 1.807) is 19.2 Å². The van der Waals surface area contributed by atoms with Crippen LogP contribution in [0.15, 0.2) is 52.4 Å². The number of carboxylic acid groups (broad SMARTS) is 1. The largest absolute Gasteiger partial charge is 0.478 e. The SMILES string of the molecule is Cc1ccc(C(=O)O)cc1N=C1S/C(=C\c2ccc(N3CCCCC3)cc2)C(=O)N1C. The van der Waals surface area contributed by atoms with Crippen molar-refractivity contribution < 1.29 is 14.7 Å². The molecule has 6 nitrogen and oxygen atoms in total. The number of nitrogens with zero attached hydrogens (tertiary/aromatic N) is 3. The monoisotopic (exact) mass is 435 g/mol. The number of carboxylic acids is 1. The van der Waals surface area contributed by atoms with Crippen molar-refractivity contribution >= 4 is 46.3 Å². The molecular formula is C24H25N3O3S. The lowest BCUT2D eigenvalue weighted by molar-refractivity contribution is -0.121. The van der Waals surface area contributed by atoms with Gasteiger partial charge in [-0.15, -0.1) is 0 Å². The summed E-state index contributed by atoms with van der Waals surface area (Å²) in [5, 5.41) is 9.77. The molecule has 0 atom stereocenters. The van der Waals surface area contributed by atoms with Crippen LogP contribution in [0, 0.1) is 6.92 Å². The summed E-state index contributed by atoms with van der Waals surface area (Å²) in [7, 11) is 1.69. The number of rotatable bonds is 4. The van der Waals surface area contributed by atoms with Gasteiger partial charge in [0.15, 0.2) is 5.17 Å². The zero-order chi connectivity index (χ0) is 22.0. The van der Waals surface area contributed by atoms with E-state index in [0.29, 0.717) is 15.8 Å². The molecule has 0 saturated carbocycles. The smallest absolute Gasteiger partial charge is 0.335 e. The molecule has 2 aliphatic heterocycles. The number of aromatic carboxylic acids is 1. The van der Waals surface area contributed by atoms with Crippen LogP contribution in [-0.2, 0) is 4.79 Å². The maximum Gasteiger partial charge on any atom is 0.335 e. The summed E-state index contributed by atoms with van der Waals surface area (Å²) in [4.78, 5) is 33.1. The van der Waals surface area contributed by atoms with Gasteiger partial charge in [-0.2, -0.15) is 0 Å². The van der Waals surface area contributed by atoms with Crippen LogP contribution < -0.4 is 4.90 Å². The molecule has 2 aromatic carbocycles. The van der Waals surface area contributed by atoms with Gasteiger partial charge in [0.2, 0.25) is 0 Å². The summed E-state index contributed by atoms with van der Waals surface area (Å²) in [5.41, 5.74) is 3.76. The van der Waals surface area contributed by atoms with E-state index in [9.17, 15) is 14.7 Å². The second-order valence-corrected chi connectivity index (χ2v) is 8.82. The third-order valence-corrected chi connectivity index (χ3v) is 6.65. The standard InChI is InChI=1S/C24H25N3O3S/c1-16-6-9-18(23(29)30)15-20(16)25-24-26(2)22(28)21(31-24)14-17-7-10-19(11-8-17)27-12-4-3-5-13-27/h6-11,14-15H,3-5,12-13H2,1-2H3,(H,29,30)/b21-14-,25-24?. The van der Waals surface area contributed by atoms with Crippen LogP contribution in [0.3, 0.4) is 0 Å². The fraction of sp³-hybridized carbons (Fsp3) is 0.292. The highest BCUT2D eigenvalue weighted by atomic mass is 32.2. The van der Waals surface area contributed by atoms with Crippen molar-refractivity contribution in [1.82, 2.24) is 4.90 Å². The van der Waals surface area contributed by atoms with Crippen LogP contribution in [0.5, 0.6) is 0 Å². The quantitative estimate of drug-likeness (QED) is 0.690. The molecule has 7 heteroatoms. The number of amidine groups is 1. The zero-order valence-corrected chi connectivity index (χ0v) is 18.5. The fourth-order valence-electron chi connectivity index (χ4n) is 3.70. The van der Waals surface area contributed by atoms with Gasteiger partial charge >= 0.3 is 5.97 Å². The lowest BCUT2D eigenvalue weighted by Crippen LogP contribution is -2.29. The molecule has 0 spiro atoms. The predicted octanol–water partition coefficient (Wildman–Crippen LogP) is 4.92. The maximum absolute atomic E-state index is 12.7. The first-order valence-corrected chi connectivity index (χ1v) is 11.2. The predicted molar refractivity (Wildman–Crippen MR) is 126 cm³/mol. The highest BCUT2D eigenvalue weighted by Gasteiger charge is 2.30. The summed E-state index contributed by atoms with van der Waals surface area (Å²) in [6.45, 7) is 4.07. The van der Waals surface area contributed by atoms with Crippen LogP contribution in [0.2, 0.25) is 0 Å². The minimum absolute atomic E-state index is 0.115. The second kappa shape index (κ2) is 8.98. The normalized spacial score (nSPS) is 19.5. The summed E-state index contributed by atoms with van der Waals surface area (Å²) in [6.07, 6.45) is 5.66. The number of thioether (sulfide) groups is 1. The Morgan fingerprint density at radius 3 is 2.48 bits per heavy atom. The summed E-state index contributed by atoms with van der Waals surface area (Å²) in [6, 6.07) is 13.1. The zero-order valence-electron chi connectivity index (χ0n) is 17.7. The van der Waals surface area contributed by atoms with Crippen molar-refractivity contribution in [2.24, 2.45) is 4.99 Å². The molecule has 2 heterocycles. The highest BCUT2D eigenvalue weighted by molar-refractivity contribution is 8.18. The fourth-order valence-corrected chi connectivity index (χ4v) is 4.68. The molecular weight excluding hydrogens is 410 g/mol. The van der Waals surface area contributed by atoms with E-state index in [0.717, 1.165) is 24.2 Å². The van der Waals surface area contributed by atoms with E-state index in [-0.39, 0.29) is 11.5 Å². The Morgan fingerprint density at radius 1 is 1.10 bits per heavy atom. The molecule has 0 radical (unpaired) electrons. The third kappa shape index (κ3) is 4.66. The lowest BCUT2D eigenvalue weighted by Gasteiger charge is -2.28. The molecule has 1 amide bonds. The molecule has 4 rings (SSSR count). The van der Waals surface area contributed by atoms with Crippen molar-refractivity contribution in [2.75, 3.05) is 25.0 Å². The number of aliphatic imine (C=N–C) groups is 1. The molecule has 1 N–H and O–H groups in total. The summed E-state index contributed by atoms with van der Waals surface area (Å²) >= 11 is 1.30. The minimum atomic E-state index is -1.00. The van der Waals surface area contributed by atoms with Crippen molar-refractivity contribution in [3.63, 3.8) is 0 Å². The topological polar surface area (TPSA) is 73.2 Å². The molecule has 0 bridgehead atoms. The number of hydrogen-bond acceptors (Lipinski definition) is 5. The number of hydrogen-bond donors (Lipinski definition) is 1. The number of carbonyl (C=O) groups is 2. The number of carbonyl (C=O) groups excluding carboxylic acids is 1. The molecule has 0 aliphatic carbocycles. The van der Waals surface area contributed by atoms with E-state index in [1.807, 2.05) is 25.1 Å². The number of amides is 1. The lowest BCUT2D eigenvalue weighted by atomic mass is 10.1. The Kier molecular flexibility index (Phi) is 6.13. The third-order valence-electron chi connectivity index (χ3n) is 5.59. The number of aryl methyl sites for hydroxylation is 1. The van der Waals surface area contributed by atoms with E-state index in [4.69, 9.17) is 0 Å². The molecule has 0 unspecified atom stereocenters. The van der Waals surface area contributed by atoms with Crippen LogP contribution in [0.4, 0.5) is 11.4 Å². The van der Waals surface area contributed by atoms with Gasteiger partial charge in [0.05, 0.1) is 16.2 Å². The molecule has 2 aromatic rings. The summed E-state index contributed by atoms with van der Waals surface area (Å²) < 4.78 is 0. The van der Waals surface area contributed by atoms with E-state index >= 15 is 0 Å². The molecule has 160 valence electrons. The van der Waals surface area contributed by atoms with Gasteiger partial charge in [-0.05, 0) is 79.4 Å². The number of benzene rings is 2. The van der Waals surface area contributed by atoms with Crippen LogP contribution in [0.25, 0.3) is 6.08 Å². The van der Waals surface area contributed by atoms with Crippen LogP contribution in [0.1, 0.15) is 40.7 Å². The molecule has 2 fully saturated rings. The summed E-state index contributed by atoms with van der Waals surface area (Å²) in [5.74, 6) is -1.12. The Balaban J connectivity index is 1.55. The Hall–Kier alpha value is -3.06.